The van der Waals surface area contributed by atoms with Gasteiger partial charge in [-0.05, 0) is 19.3 Å². The molecule has 0 radical (unpaired) electrons. The van der Waals surface area contributed by atoms with Crippen LogP contribution in [0.4, 0.5) is 5.82 Å². The molecule has 1 rings (SSSR count). The summed E-state index contributed by atoms with van der Waals surface area (Å²) < 4.78 is 0. The summed E-state index contributed by atoms with van der Waals surface area (Å²) in [6, 6.07) is 0.140. The van der Waals surface area contributed by atoms with Crippen molar-refractivity contribution in [2.45, 2.75) is 39.7 Å². The van der Waals surface area contributed by atoms with Crippen molar-refractivity contribution >= 4 is 17.4 Å². The summed E-state index contributed by atoms with van der Waals surface area (Å²) in [7, 11) is 0. The zero-order valence-corrected chi connectivity index (χ0v) is 11.3. The van der Waals surface area contributed by atoms with E-state index in [9.17, 15) is 0 Å². The fraction of sp³-hybridized carbons (Fsp3) is 0.667. The van der Waals surface area contributed by atoms with Crippen LogP contribution in [0.15, 0.2) is 6.33 Å². The van der Waals surface area contributed by atoms with Crippen LogP contribution in [0, 0.1) is 5.92 Å². The first-order chi connectivity index (χ1) is 8.10. The maximum absolute atomic E-state index is 9.11. The number of hydrogen-bond acceptors (Lipinski definition) is 4. The minimum absolute atomic E-state index is 0.140. The molecular weight excluding hydrogens is 238 g/mol. The molecule has 2 N–H and O–H groups in total. The van der Waals surface area contributed by atoms with E-state index in [1.165, 1.54) is 6.33 Å². The Morgan fingerprint density at radius 3 is 2.71 bits per heavy atom. The molecule has 17 heavy (non-hydrogen) atoms. The highest BCUT2D eigenvalue weighted by Gasteiger charge is 2.15. The molecule has 0 bridgehead atoms. The Balaban J connectivity index is 2.86. The zero-order valence-electron chi connectivity index (χ0n) is 10.6. The van der Waals surface area contributed by atoms with Gasteiger partial charge < -0.3 is 10.4 Å². The molecule has 0 spiro atoms. The third-order valence-electron chi connectivity index (χ3n) is 2.90. The lowest BCUT2D eigenvalue weighted by atomic mass is 10.0. The summed E-state index contributed by atoms with van der Waals surface area (Å²) in [5, 5.41) is 12.9. The summed E-state index contributed by atoms with van der Waals surface area (Å²) in [5.74, 6) is 0.942. The number of aromatic nitrogens is 2. The highest BCUT2D eigenvalue weighted by Crippen LogP contribution is 2.22. The van der Waals surface area contributed by atoms with Gasteiger partial charge in [0.25, 0.3) is 0 Å². The summed E-state index contributed by atoms with van der Waals surface area (Å²) in [4.78, 5) is 8.22. The molecule has 2 atom stereocenters. The molecule has 0 aliphatic rings. The van der Waals surface area contributed by atoms with Crippen LogP contribution in [0.25, 0.3) is 0 Å². The van der Waals surface area contributed by atoms with Crippen LogP contribution in [-0.4, -0.2) is 27.7 Å². The highest BCUT2D eigenvalue weighted by atomic mass is 35.5. The molecule has 1 heterocycles. The Bertz CT molecular complexity index is 360. The van der Waals surface area contributed by atoms with Crippen molar-refractivity contribution in [2.24, 2.45) is 5.92 Å². The van der Waals surface area contributed by atoms with E-state index in [2.05, 4.69) is 22.2 Å². The first kappa shape index (κ1) is 14.2. The van der Waals surface area contributed by atoms with Gasteiger partial charge >= 0.3 is 0 Å². The minimum Gasteiger partial charge on any atom is -0.396 e. The smallest absolute Gasteiger partial charge is 0.137 e. The normalized spacial score (nSPS) is 14.4. The fourth-order valence-electron chi connectivity index (χ4n) is 1.50. The van der Waals surface area contributed by atoms with Gasteiger partial charge in [-0.2, -0.15) is 0 Å². The SMILES string of the molecule is CCCc1c(Cl)ncnc1NC(C)C(C)CO. The van der Waals surface area contributed by atoms with Crippen molar-refractivity contribution in [1.82, 2.24) is 9.97 Å². The second-order valence-corrected chi connectivity index (χ2v) is 4.69. The van der Waals surface area contributed by atoms with Gasteiger partial charge in [0.05, 0.1) is 0 Å². The molecule has 0 aromatic carbocycles. The van der Waals surface area contributed by atoms with E-state index in [1.807, 2.05) is 13.8 Å². The number of aliphatic hydroxyl groups is 1. The van der Waals surface area contributed by atoms with Gasteiger partial charge in [0.1, 0.15) is 17.3 Å². The van der Waals surface area contributed by atoms with E-state index in [0.29, 0.717) is 5.15 Å². The number of nitrogens with zero attached hydrogens (tertiary/aromatic N) is 2. The molecule has 5 heteroatoms. The van der Waals surface area contributed by atoms with Gasteiger partial charge in [0.15, 0.2) is 0 Å². The van der Waals surface area contributed by atoms with Crippen LogP contribution in [0.5, 0.6) is 0 Å². The van der Waals surface area contributed by atoms with E-state index < -0.39 is 0 Å². The molecule has 96 valence electrons. The van der Waals surface area contributed by atoms with Crippen molar-refractivity contribution in [3.63, 3.8) is 0 Å². The number of hydrogen-bond donors (Lipinski definition) is 2. The predicted octanol–water partition coefficient (Wildman–Crippen LogP) is 2.51. The van der Waals surface area contributed by atoms with E-state index in [0.717, 1.165) is 24.2 Å². The summed E-state index contributed by atoms with van der Waals surface area (Å²) in [6.45, 7) is 6.25. The van der Waals surface area contributed by atoms with Crippen LogP contribution in [0.1, 0.15) is 32.8 Å². The van der Waals surface area contributed by atoms with E-state index >= 15 is 0 Å². The standard InChI is InChI=1S/C12H20ClN3O/c1-4-5-10-11(13)14-7-15-12(10)16-9(3)8(2)6-17/h7-9,17H,4-6H2,1-3H3,(H,14,15,16). The third kappa shape index (κ3) is 3.82. The predicted molar refractivity (Wildman–Crippen MR) is 70.4 cm³/mol. The molecule has 0 saturated carbocycles. The van der Waals surface area contributed by atoms with Crippen LogP contribution >= 0.6 is 11.6 Å². The molecule has 0 aliphatic carbocycles. The lowest BCUT2D eigenvalue weighted by Gasteiger charge is -2.21. The van der Waals surface area contributed by atoms with Gasteiger partial charge in [-0.25, -0.2) is 9.97 Å². The molecule has 1 aromatic rings. The summed E-state index contributed by atoms with van der Waals surface area (Å²) in [5.41, 5.74) is 0.952. The van der Waals surface area contributed by atoms with Crippen molar-refractivity contribution in [2.75, 3.05) is 11.9 Å². The third-order valence-corrected chi connectivity index (χ3v) is 3.22. The van der Waals surface area contributed by atoms with Gasteiger partial charge in [-0.3, -0.25) is 0 Å². The first-order valence-electron chi connectivity index (χ1n) is 5.96. The Morgan fingerprint density at radius 1 is 1.41 bits per heavy atom. The maximum Gasteiger partial charge on any atom is 0.137 e. The Hall–Kier alpha value is -0.870. The molecule has 0 saturated heterocycles. The summed E-state index contributed by atoms with van der Waals surface area (Å²) >= 11 is 6.06. The lowest BCUT2D eigenvalue weighted by molar-refractivity contribution is 0.226. The second kappa shape index (κ2) is 6.77. The van der Waals surface area contributed by atoms with E-state index in [-0.39, 0.29) is 18.6 Å². The number of aliphatic hydroxyl groups excluding tert-OH is 1. The highest BCUT2D eigenvalue weighted by molar-refractivity contribution is 6.30. The Labute approximate surface area is 107 Å². The molecular formula is C12H20ClN3O. The Morgan fingerprint density at radius 2 is 2.12 bits per heavy atom. The van der Waals surface area contributed by atoms with E-state index in [4.69, 9.17) is 16.7 Å². The van der Waals surface area contributed by atoms with Crippen molar-refractivity contribution in [3.8, 4) is 0 Å². The van der Waals surface area contributed by atoms with Gasteiger partial charge in [-0.15, -0.1) is 0 Å². The number of anilines is 1. The lowest BCUT2D eigenvalue weighted by Crippen LogP contribution is -2.27. The molecule has 0 aliphatic heterocycles. The largest absolute Gasteiger partial charge is 0.396 e. The van der Waals surface area contributed by atoms with Gasteiger partial charge in [0.2, 0.25) is 0 Å². The van der Waals surface area contributed by atoms with E-state index in [1.54, 1.807) is 0 Å². The number of rotatable bonds is 6. The topological polar surface area (TPSA) is 58.0 Å². The molecule has 0 fully saturated rings. The van der Waals surface area contributed by atoms with Crippen LogP contribution < -0.4 is 5.32 Å². The Kier molecular flexibility index (Phi) is 5.65. The monoisotopic (exact) mass is 257 g/mol. The number of halogens is 1. The van der Waals surface area contributed by atoms with Crippen molar-refractivity contribution in [1.29, 1.82) is 0 Å². The second-order valence-electron chi connectivity index (χ2n) is 4.33. The minimum atomic E-state index is 0.140. The summed E-state index contributed by atoms with van der Waals surface area (Å²) in [6.07, 6.45) is 3.30. The van der Waals surface area contributed by atoms with Crippen molar-refractivity contribution in [3.05, 3.63) is 17.0 Å². The average molecular weight is 258 g/mol. The fourth-order valence-corrected chi connectivity index (χ4v) is 1.73. The average Bonchev–Trinajstić information content (AvgIpc) is 2.32. The van der Waals surface area contributed by atoms with Crippen LogP contribution in [0.3, 0.4) is 0 Å². The molecule has 2 unspecified atom stereocenters. The maximum atomic E-state index is 9.11. The first-order valence-corrected chi connectivity index (χ1v) is 6.34. The molecule has 0 amide bonds. The van der Waals surface area contributed by atoms with Crippen molar-refractivity contribution < 1.29 is 5.11 Å². The molecule has 4 nitrogen and oxygen atoms in total. The van der Waals surface area contributed by atoms with Crippen LogP contribution in [0.2, 0.25) is 5.15 Å². The van der Waals surface area contributed by atoms with Crippen LogP contribution in [-0.2, 0) is 6.42 Å². The number of nitrogens with one attached hydrogen (secondary N) is 1. The molecule has 1 aromatic heterocycles. The zero-order chi connectivity index (χ0) is 12.8. The quantitative estimate of drug-likeness (QED) is 0.769. The van der Waals surface area contributed by atoms with Gasteiger partial charge in [-0.1, -0.05) is 31.9 Å². The van der Waals surface area contributed by atoms with Gasteiger partial charge in [0, 0.05) is 18.2 Å².